The molecule has 0 aliphatic heterocycles. The Balaban J connectivity index is 1.44. The van der Waals surface area contributed by atoms with Gasteiger partial charge in [-0.25, -0.2) is 0 Å². The number of nitrogens with zero attached hydrogens (tertiary/aromatic N) is 1. The van der Waals surface area contributed by atoms with Gasteiger partial charge < -0.3 is 4.90 Å². The van der Waals surface area contributed by atoms with E-state index in [0.29, 0.717) is 0 Å². The van der Waals surface area contributed by atoms with E-state index in [1.807, 2.05) is 12.2 Å². The molecule has 1 nitrogen and oxygen atoms in total. The van der Waals surface area contributed by atoms with Crippen LogP contribution in [0.2, 0.25) is 0 Å². The average Bonchev–Trinajstić information content (AvgIpc) is 2.92. The van der Waals surface area contributed by atoms with Crippen molar-refractivity contribution in [3.63, 3.8) is 0 Å². The lowest BCUT2D eigenvalue weighted by atomic mass is 9.92. The zero-order valence-electron chi connectivity index (χ0n) is 22.2. The molecule has 0 atom stereocenters. The molecule has 0 radical (unpaired) electrons. The maximum Gasteiger partial charge on any atom is 0.0445 e. The predicted octanol–water partition coefficient (Wildman–Crippen LogP) is 8.85. The first kappa shape index (κ1) is 25.5. The van der Waals surface area contributed by atoms with Crippen molar-refractivity contribution in [2.75, 3.05) is 18.0 Å². The lowest BCUT2D eigenvalue weighted by molar-refractivity contribution is 0.869. The first-order chi connectivity index (χ1) is 17.6. The quantitative estimate of drug-likeness (QED) is 0.210. The number of benzene rings is 4. The van der Waals surface area contributed by atoms with Gasteiger partial charge in [-0.3, -0.25) is 0 Å². The van der Waals surface area contributed by atoms with Gasteiger partial charge in [-0.2, -0.15) is 0 Å². The van der Waals surface area contributed by atoms with Crippen LogP contribution in [0.4, 0.5) is 5.69 Å². The zero-order chi connectivity index (χ0) is 25.5. The summed E-state index contributed by atoms with van der Waals surface area (Å²) in [5, 5.41) is 2.75. The van der Waals surface area contributed by atoms with Crippen LogP contribution in [-0.2, 0) is 25.7 Å². The molecule has 0 heterocycles. The molecule has 4 aromatic carbocycles. The van der Waals surface area contributed by atoms with Crippen molar-refractivity contribution in [3.8, 4) is 0 Å². The fourth-order valence-corrected chi connectivity index (χ4v) is 5.35. The summed E-state index contributed by atoms with van der Waals surface area (Å²) < 4.78 is 0. The van der Waals surface area contributed by atoms with Crippen molar-refractivity contribution in [2.45, 2.75) is 46.5 Å². The van der Waals surface area contributed by atoms with Crippen molar-refractivity contribution in [3.05, 3.63) is 125 Å². The van der Waals surface area contributed by atoms with Gasteiger partial charge in [0.15, 0.2) is 0 Å². The third-order valence-electron chi connectivity index (χ3n) is 7.49. The van der Waals surface area contributed by atoms with E-state index in [0.717, 1.165) is 38.8 Å². The molecular weight excluding hydrogens is 434 g/mol. The average molecular weight is 474 g/mol. The van der Waals surface area contributed by atoms with Crippen LogP contribution < -0.4 is 4.90 Å². The highest BCUT2D eigenvalue weighted by Crippen LogP contribution is 2.30. The van der Waals surface area contributed by atoms with E-state index in [1.165, 1.54) is 55.4 Å². The van der Waals surface area contributed by atoms with Crippen LogP contribution in [-0.4, -0.2) is 13.1 Å². The highest BCUT2D eigenvalue weighted by molar-refractivity contribution is 5.96. The summed E-state index contributed by atoms with van der Waals surface area (Å²) in [5.74, 6) is 0. The molecule has 0 aromatic heterocycles. The third-order valence-corrected chi connectivity index (χ3v) is 7.49. The lowest BCUT2D eigenvalue weighted by Crippen LogP contribution is -2.22. The van der Waals surface area contributed by atoms with E-state index in [9.17, 15) is 0 Å². The Labute approximate surface area is 217 Å². The number of aryl methyl sites for hydroxylation is 5. The molecular formula is C35H39N. The van der Waals surface area contributed by atoms with Crippen LogP contribution in [0.3, 0.4) is 0 Å². The summed E-state index contributed by atoms with van der Waals surface area (Å²) in [5.41, 5.74) is 10.6. The molecule has 0 bridgehead atoms. The van der Waals surface area contributed by atoms with Gasteiger partial charge in [-0.15, -0.1) is 0 Å². The summed E-state index contributed by atoms with van der Waals surface area (Å²) in [7, 11) is 0. The first-order valence-electron chi connectivity index (χ1n) is 13.3. The molecule has 4 rings (SSSR count). The van der Waals surface area contributed by atoms with E-state index in [-0.39, 0.29) is 0 Å². The Morgan fingerprint density at radius 2 is 1.17 bits per heavy atom. The fourth-order valence-electron chi connectivity index (χ4n) is 5.35. The van der Waals surface area contributed by atoms with Crippen molar-refractivity contribution < 1.29 is 0 Å². The van der Waals surface area contributed by atoms with Gasteiger partial charge in [0.1, 0.15) is 0 Å². The minimum atomic E-state index is 1.01. The van der Waals surface area contributed by atoms with Gasteiger partial charge in [0, 0.05) is 24.2 Å². The van der Waals surface area contributed by atoms with Crippen LogP contribution in [0.1, 0.15) is 52.8 Å². The Kier molecular flexibility index (Phi) is 8.44. The van der Waals surface area contributed by atoms with Gasteiger partial charge in [0.25, 0.3) is 0 Å². The minimum absolute atomic E-state index is 1.01. The molecule has 0 saturated carbocycles. The molecule has 1 heteroatoms. The molecule has 36 heavy (non-hydrogen) atoms. The second-order valence-corrected chi connectivity index (χ2v) is 9.56. The third kappa shape index (κ3) is 5.46. The monoisotopic (exact) mass is 473 g/mol. The second kappa shape index (κ2) is 11.9. The Morgan fingerprint density at radius 1 is 0.611 bits per heavy atom. The molecule has 0 aliphatic rings. The topological polar surface area (TPSA) is 3.24 Å². The number of anilines is 1. The van der Waals surface area contributed by atoms with Crippen molar-refractivity contribution in [2.24, 2.45) is 0 Å². The number of hydrogen-bond donors (Lipinski definition) is 0. The molecule has 4 aromatic rings. The van der Waals surface area contributed by atoms with E-state index in [4.69, 9.17) is 0 Å². The summed E-state index contributed by atoms with van der Waals surface area (Å²) in [4.78, 5) is 2.44. The van der Waals surface area contributed by atoms with Gasteiger partial charge in [-0.05, 0) is 96.9 Å². The summed E-state index contributed by atoms with van der Waals surface area (Å²) in [6, 6.07) is 27.2. The van der Waals surface area contributed by atoms with Crippen LogP contribution in [0.5, 0.6) is 0 Å². The van der Waals surface area contributed by atoms with Gasteiger partial charge in [-0.1, -0.05) is 92.0 Å². The normalized spacial score (nSPS) is 11.0. The van der Waals surface area contributed by atoms with E-state index in [1.54, 1.807) is 0 Å². The molecule has 0 unspecified atom stereocenters. The molecule has 0 N–H and O–H groups in total. The van der Waals surface area contributed by atoms with Crippen molar-refractivity contribution >= 4 is 28.6 Å². The summed E-state index contributed by atoms with van der Waals surface area (Å²) >= 11 is 0. The number of hydrogen-bond acceptors (Lipinski definition) is 1. The van der Waals surface area contributed by atoms with Crippen LogP contribution in [0.15, 0.2) is 86.0 Å². The van der Waals surface area contributed by atoms with Gasteiger partial charge in [0.2, 0.25) is 0 Å². The largest absolute Gasteiger partial charge is 0.372 e. The van der Waals surface area contributed by atoms with E-state index < -0.39 is 0 Å². The summed E-state index contributed by atoms with van der Waals surface area (Å²) in [6.07, 6.45) is 8.06. The van der Waals surface area contributed by atoms with Crippen LogP contribution in [0, 0.1) is 6.92 Å². The number of rotatable bonds is 11. The van der Waals surface area contributed by atoms with Crippen LogP contribution >= 0.6 is 0 Å². The van der Waals surface area contributed by atoms with Crippen LogP contribution in [0.25, 0.3) is 22.9 Å². The highest BCUT2D eigenvalue weighted by Gasteiger charge is 2.11. The molecule has 0 saturated heterocycles. The maximum absolute atomic E-state index is 4.04. The molecule has 0 fully saturated rings. The first-order valence-corrected chi connectivity index (χ1v) is 13.3. The number of fused-ring (bicyclic) bond motifs is 1. The highest BCUT2D eigenvalue weighted by atomic mass is 15.1. The predicted molar refractivity (Wildman–Crippen MR) is 160 cm³/mol. The van der Waals surface area contributed by atoms with Crippen molar-refractivity contribution in [1.29, 1.82) is 0 Å². The second-order valence-electron chi connectivity index (χ2n) is 9.56. The fraction of sp³-hybridized carbons (Fsp3) is 0.257. The van der Waals surface area contributed by atoms with E-state index >= 15 is 0 Å². The van der Waals surface area contributed by atoms with E-state index in [2.05, 4.69) is 112 Å². The lowest BCUT2D eigenvalue weighted by Gasteiger charge is -2.24. The Bertz CT molecular complexity index is 1340. The zero-order valence-corrected chi connectivity index (χ0v) is 22.2. The SMILES string of the molecule is C=Cc1c(C)ccc(CCc2ccc(CCc3ccc(N(CC)CC)c4ccccc34)cc2)c1C=C. The Hall–Kier alpha value is -3.58. The standard InChI is InChI=1S/C35H39N/c1-6-31-26(5)14-21-29(32(31)7-2)22-19-27-15-17-28(18-16-27)20-23-30-24-25-35(36(8-3)9-4)34-13-11-10-12-33(30)34/h6-7,10-18,21,24-25H,1-2,8-9,19-20,22-23H2,3-5H3. The molecule has 0 spiro atoms. The smallest absolute Gasteiger partial charge is 0.0445 e. The Morgan fingerprint density at radius 3 is 1.75 bits per heavy atom. The molecule has 0 amide bonds. The van der Waals surface area contributed by atoms with Crippen molar-refractivity contribution in [1.82, 2.24) is 0 Å². The maximum atomic E-state index is 4.04. The molecule has 184 valence electrons. The molecule has 0 aliphatic carbocycles. The summed E-state index contributed by atoms with van der Waals surface area (Å²) in [6.45, 7) is 16.7. The minimum Gasteiger partial charge on any atom is -0.372 e. The van der Waals surface area contributed by atoms with Gasteiger partial charge >= 0.3 is 0 Å². The van der Waals surface area contributed by atoms with Gasteiger partial charge in [0.05, 0.1) is 0 Å².